The molecule has 65 heavy (non-hydrogen) atoms. The highest BCUT2D eigenvalue weighted by Crippen LogP contribution is 2.16. The Kier molecular flexibility index (Phi) is 51.8. The molecule has 0 spiro atoms. The van der Waals surface area contributed by atoms with Crippen LogP contribution in [0.4, 0.5) is 0 Å². The second-order valence-electron chi connectivity index (χ2n) is 18.8. The van der Waals surface area contributed by atoms with Crippen LogP contribution in [0.15, 0.2) is 48.6 Å². The number of esters is 3. The lowest BCUT2D eigenvalue weighted by Gasteiger charge is -2.18. The first-order valence-corrected chi connectivity index (χ1v) is 28.1. The fraction of sp³-hybridized carbons (Fsp3) is 0.814. The second-order valence-corrected chi connectivity index (χ2v) is 18.8. The van der Waals surface area contributed by atoms with Gasteiger partial charge in [0.2, 0.25) is 0 Å². The van der Waals surface area contributed by atoms with Gasteiger partial charge in [0, 0.05) is 19.3 Å². The quantitative estimate of drug-likeness (QED) is 0.0262. The summed E-state index contributed by atoms with van der Waals surface area (Å²) in [6.45, 7) is 6.60. The lowest BCUT2D eigenvalue weighted by molar-refractivity contribution is -0.167. The van der Waals surface area contributed by atoms with E-state index in [1.165, 1.54) is 154 Å². The SMILES string of the molecule is CCCCC/C=C/C/C=C/CCCCCCCCCC(=O)OC[C@@H](COC(=O)CCCCCCCCCCCCCCCCC)OC(=O)CCCCCCC/C=C/C/C=C/CCCCC. The molecule has 0 fully saturated rings. The molecule has 0 bridgehead atoms. The smallest absolute Gasteiger partial charge is 0.306 e. The zero-order chi connectivity index (χ0) is 47.2. The minimum atomic E-state index is -0.781. The molecular formula is C59H106O6. The third-order valence-electron chi connectivity index (χ3n) is 12.3. The average molecular weight is 911 g/mol. The summed E-state index contributed by atoms with van der Waals surface area (Å²) in [6, 6.07) is 0. The monoisotopic (exact) mass is 911 g/mol. The molecule has 0 aromatic heterocycles. The molecule has 0 rings (SSSR count). The van der Waals surface area contributed by atoms with Gasteiger partial charge < -0.3 is 14.2 Å². The van der Waals surface area contributed by atoms with Crippen molar-refractivity contribution in [3.63, 3.8) is 0 Å². The van der Waals surface area contributed by atoms with Gasteiger partial charge in [-0.1, -0.05) is 236 Å². The highest BCUT2D eigenvalue weighted by atomic mass is 16.6. The number of carbonyl (C=O) groups excluding carboxylic acids is 3. The fourth-order valence-electron chi connectivity index (χ4n) is 8.03. The van der Waals surface area contributed by atoms with E-state index in [1.807, 2.05) is 0 Å². The Bertz CT molecular complexity index is 1140. The molecule has 378 valence electrons. The molecule has 6 heteroatoms. The number of rotatable bonds is 51. The highest BCUT2D eigenvalue weighted by Gasteiger charge is 2.19. The van der Waals surface area contributed by atoms with Gasteiger partial charge in [0.15, 0.2) is 6.10 Å². The predicted octanol–water partition coefficient (Wildman–Crippen LogP) is 18.7. The van der Waals surface area contributed by atoms with Crippen molar-refractivity contribution in [3.8, 4) is 0 Å². The van der Waals surface area contributed by atoms with Crippen molar-refractivity contribution in [1.29, 1.82) is 0 Å². The lowest BCUT2D eigenvalue weighted by atomic mass is 10.0. The maximum atomic E-state index is 12.8. The summed E-state index contributed by atoms with van der Waals surface area (Å²) < 4.78 is 16.8. The largest absolute Gasteiger partial charge is 0.462 e. The Hall–Kier alpha value is -2.63. The minimum Gasteiger partial charge on any atom is -0.462 e. The number of ether oxygens (including phenoxy) is 3. The number of hydrogen-bond acceptors (Lipinski definition) is 6. The molecule has 0 saturated heterocycles. The summed E-state index contributed by atoms with van der Waals surface area (Å²) in [7, 11) is 0. The van der Waals surface area contributed by atoms with Crippen LogP contribution in [0, 0.1) is 0 Å². The summed E-state index contributed by atoms with van der Waals surface area (Å²) in [5.74, 6) is -0.888. The van der Waals surface area contributed by atoms with Gasteiger partial charge in [0.1, 0.15) is 13.2 Å². The number of allylic oxidation sites excluding steroid dienone is 8. The molecule has 1 atom stereocenters. The maximum Gasteiger partial charge on any atom is 0.306 e. The molecule has 0 radical (unpaired) electrons. The molecule has 0 N–H and O–H groups in total. The normalized spacial score (nSPS) is 12.4. The maximum absolute atomic E-state index is 12.8. The van der Waals surface area contributed by atoms with E-state index in [0.29, 0.717) is 19.3 Å². The van der Waals surface area contributed by atoms with Crippen molar-refractivity contribution in [2.24, 2.45) is 0 Å². The van der Waals surface area contributed by atoms with Gasteiger partial charge in [-0.3, -0.25) is 14.4 Å². The lowest BCUT2D eigenvalue weighted by Crippen LogP contribution is -2.30. The molecule has 0 aliphatic carbocycles. The minimum absolute atomic E-state index is 0.0786. The fourth-order valence-corrected chi connectivity index (χ4v) is 8.03. The van der Waals surface area contributed by atoms with Gasteiger partial charge in [0.25, 0.3) is 0 Å². The third kappa shape index (κ3) is 52.2. The first kappa shape index (κ1) is 62.4. The molecule has 0 unspecified atom stereocenters. The molecule has 0 aliphatic heterocycles. The summed E-state index contributed by atoms with van der Waals surface area (Å²) in [5, 5.41) is 0. The topological polar surface area (TPSA) is 78.9 Å². The molecule has 6 nitrogen and oxygen atoms in total. The predicted molar refractivity (Wildman–Crippen MR) is 279 cm³/mol. The van der Waals surface area contributed by atoms with E-state index in [-0.39, 0.29) is 31.1 Å². The number of carbonyl (C=O) groups is 3. The van der Waals surface area contributed by atoms with Crippen LogP contribution in [-0.2, 0) is 28.6 Å². The van der Waals surface area contributed by atoms with E-state index in [0.717, 1.165) is 96.3 Å². The molecule has 0 aromatic carbocycles. The van der Waals surface area contributed by atoms with Gasteiger partial charge in [0.05, 0.1) is 0 Å². The van der Waals surface area contributed by atoms with E-state index in [1.54, 1.807) is 0 Å². The Morgan fingerprint density at radius 2 is 0.554 bits per heavy atom. The van der Waals surface area contributed by atoms with Crippen LogP contribution < -0.4 is 0 Å². The zero-order valence-corrected chi connectivity index (χ0v) is 43.3. The molecule has 0 amide bonds. The van der Waals surface area contributed by atoms with Crippen molar-refractivity contribution in [2.75, 3.05) is 13.2 Å². The van der Waals surface area contributed by atoms with Crippen LogP contribution in [0.1, 0.15) is 290 Å². The molecule has 0 saturated carbocycles. The van der Waals surface area contributed by atoms with E-state index in [9.17, 15) is 14.4 Å². The molecule has 0 aromatic rings. The average Bonchev–Trinajstić information content (AvgIpc) is 3.30. The van der Waals surface area contributed by atoms with Crippen LogP contribution in [0.5, 0.6) is 0 Å². The zero-order valence-electron chi connectivity index (χ0n) is 43.3. The Labute approximate surface area is 403 Å². The van der Waals surface area contributed by atoms with Gasteiger partial charge in [-0.2, -0.15) is 0 Å². The highest BCUT2D eigenvalue weighted by molar-refractivity contribution is 5.71. The summed E-state index contributed by atoms with van der Waals surface area (Å²) in [5.41, 5.74) is 0. The van der Waals surface area contributed by atoms with Crippen molar-refractivity contribution in [1.82, 2.24) is 0 Å². The number of hydrogen-bond donors (Lipinski definition) is 0. The first-order chi connectivity index (χ1) is 32.0. The Morgan fingerprint density at radius 1 is 0.308 bits per heavy atom. The first-order valence-electron chi connectivity index (χ1n) is 28.1. The van der Waals surface area contributed by atoms with Crippen LogP contribution in [0.25, 0.3) is 0 Å². The number of unbranched alkanes of at least 4 members (excludes halogenated alkanes) is 32. The van der Waals surface area contributed by atoms with E-state index >= 15 is 0 Å². The summed E-state index contributed by atoms with van der Waals surface area (Å²) in [4.78, 5) is 38.1. The summed E-state index contributed by atoms with van der Waals surface area (Å²) in [6.07, 6.45) is 65.2. The Balaban J connectivity index is 4.38. The van der Waals surface area contributed by atoms with E-state index < -0.39 is 6.10 Å². The standard InChI is InChI=1S/C59H106O6/c1-4-7-10-13-16-19-22-25-28-29-32-34-37-40-43-46-49-52-58(61)64-55-56(65-59(62)53-50-47-44-41-38-35-31-27-24-21-18-15-12-9-6-3)54-63-57(60)51-48-45-42-39-36-33-30-26-23-20-17-14-11-8-5-2/h16,18-19,21,25,27-28,31,56H,4-15,17,20,22-24,26,29-30,32-55H2,1-3H3/b19-16+,21-18+,28-25+,31-27+/t56-/m1/s1. The van der Waals surface area contributed by atoms with Crippen LogP contribution in [0.2, 0.25) is 0 Å². The van der Waals surface area contributed by atoms with Crippen LogP contribution in [-0.4, -0.2) is 37.2 Å². The van der Waals surface area contributed by atoms with Crippen molar-refractivity contribution in [3.05, 3.63) is 48.6 Å². The summed E-state index contributed by atoms with van der Waals surface area (Å²) >= 11 is 0. The van der Waals surface area contributed by atoms with Crippen LogP contribution >= 0.6 is 0 Å². The Morgan fingerprint density at radius 3 is 0.877 bits per heavy atom. The van der Waals surface area contributed by atoms with Crippen molar-refractivity contribution in [2.45, 2.75) is 297 Å². The molecular weight excluding hydrogens is 805 g/mol. The van der Waals surface area contributed by atoms with Crippen molar-refractivity contribution >= 4 is 17.9 Å². The molecule has 0 heterocycles. The van der Waals surface area contributed by atoms with E-state index in [2.05, 4.69) is 69.4 Å². The van der Waals surface area contributed by atoms with Crippen LogP contribution in [0.3, 0.4) is 0 Å². The third-order valence-corrected chi connectivity index (χ3v) is 12.3. The second kappa shape index (κ2) is 54.0. The van der Waals surface area contributed by atoms with Gasteiger partial charge in [-0.25, -0.2) is 0 Å². The van der Waals surface area contributed by atoms with Gasteiger partial charge >= 0.3 is 17.9 Å². The van der Waals surface area contributed by atoms with Gasteiger partial charge in [-0.15, -0.1) is 0 Å². The van der Waals surface area contributed by atoms with Crippen molar-refractivity contribution < 1.29 is 28.6 Å². The van der Waals surface area contributed by atoms with E-state index in [4.69, 9.17) is 14.2 Å². The van der Waals surface area contributed by atoms with Gasteiger partial charge in [-0.05, 0) is 83.5 Å². The molecule has 0 aliphatic rings.